The molecular formula is C16H13Cl2N. The van der Waals surface area contributed by atoms with Crippen LogP contribution in [-0.4, -0.2) is 4.98 Å². The molecule has 0 aliphatic carbocycles. The highest BCUT2D eigenvalue weighted by atomic mass is 35.5. The van der Waals surface area contributed by atoms with Crippen molar-refractivity contribution >= 4 is 23.2 Å². The van der Waals surface area contributed by atoms with Crippen LogP contribution in [0.1, 0.15) is 29.7 Å². The predicted octanol–water partition coefficient (Wildman–Crippen LogP) is 4.72. The third kappa shape index (κ3) is 3.10. The summed E-state index contributed by atoms with van der Waals surface area (Å²) in [5.41, 5.74) is 3.02. The number of nitrogens with zero attached hydrogens (tertiary/aromatic N) is 1. The lowest BCUT2D eigenvalue weighted by atomic mass is 9.93. The average molecular weight is 290 g/mol. The highest BCUT2D eigenvalue weighted by molar-refractivity contribution is 6.35. The molecule has 19 heavy (non-hydrogen) atoms. The highest BCUT2D eigenvalue weighted by Gasteiger charge is 2.16. The number of hydrogen-bond acceptors (Lipinski definition) is 1. The summed E-state index contributed by atoms with van der Waals surface area (Å²) in [6.45, 7) is 2.07. The normalized spacial score (nSPS) is 11.9. The van der Waals surface area contributed by atoms with E-state index in [1.165, 1.54) is 0 Å². The number of aromatic nitrogens is 1. The van der Waals surface area contributed by atoms with Crippen molar-refractivity contribution in [2.24, 2.45) is 0 Å². The van der Waals surface area contributed by atoms with E-state index in [9.17, 15) is 0 Å². The zero-order valence-electron chi connectivity index (χ0n) is 10.5. The Morgan fingerprint density at radius 1 is 1.32 bits per heavy atom. The van der Waals surface area contributed by atoms with Gasteiger partial charge in [0.1, 0.15) is 0 Å². The first kappa shape index (κ1) is 13.9. The summed E-state index contributed by atoms with van der Waals surface area (Å²) in [4.78, 5) is 4.45. The van der Waals surface area contributed by atoms with E-state index < -0.39 is 0 Å². The summed E-state index contributed by atoms with van der Waals surface area (Å²) in [6.07, 6.45) is 7.74. The van der Waals surface area contributed by atoms with Gasteiger partial charge in [-0.25, -0.2) is 0 Å². The molecule has 0 amide bonds. The molecule has 0 fully saturated rings. The van der Waals surface area contributed by atoms with Crippen LogP contribution < -0.4 is 0 Å². The minimum absolute atomic E-state index is 0.0781. The molecule has 3 heteroatoms. The lowest BCUT2D eigenvalue weighted by molar-refractivity contribution is 0.852. The van der Waals surface area contributed by atoms with E-state index in [0.717, 1.165) is 16.8 Å². The van der Waals surface area contributed by atoms with Crippen molar-refractivity contribution in [3.8, 4) is 12.3 Å². The van der Waals surface area contributed by atoms with Crippen LogP contribution in [0, 0.1) is 12.3 Å². The Bertz CT molecular complexity index is 629. The molecule has 2 aromatic rings. The van der Waals surface area contributed by atoms with Gasteiger partial charge in [-0.05, 0) is 29.3 Å². The van der Waals surface area contributed by atoms with E-state index in [1.807, 2.05) is 24.3 Å². The molecule has 2 rings (SSSR count). The van der Waals surface area contributed by atoms with Gasteiger partial charge in [0, 0.05) is 28.6 Å². The Labute approximate surface area is 123 Å². The van der Waals surface area contributed by atoms with Crippen molar-refractivity contribution in [3.63, 3.8) is 0 Å². The SMILES string of the molecule is C#CCc1cccnc1C(C)c1ccc(Cl)cc1Cl. The standard InChI is InChI=1S/C16H13Cl2N/c1-3-5-12-6-4-9-19-16(12)11(2)14-8-7-13(17)10-15(14)18/h1,4,6-11H,5H2,2H3. The van der Waals surface area contributed by atoms with E-state index in [1.54, 1.807) is 12.3 Å². The second-order valence-electron chi connectivity index (χ2n) is 4.32. The number of pyridine rings is 1. The second-order valence-corrected chi connectivity index (χ2v) is 5.16. The molecule has 0 saturated carbocycles. The smallest absolute Gasteiger partial charge is 0.0517 e. The zero-order valence-corrected chi connectivity index (χ0v) is 12.0. The van der Waals surface area contributed by atoms with Crippen molar-refractivity contribution in [1.82, 2.24) is 4.98 Å². The number of hydrogen-bond donors (Lipinski definition) is 0. The van der Waals surface area contributed by atoms with Gasteiger partial charge in [0.15, 0.2) is 0 Å². The molecule has 0 N–H and O–H groups in total. The Kier molecular flexibility index (Phi) is 4.47. The van der Waals surface area contributed by atoms with Crippen LogP contribution >= 0.6 is 23.2 Å². The molecule has 0 radical (unpaired) electrons. The molecule has 0 bridgehead atoms. The van der Waals surface area contributed by atoms with E-state index in [-0.39, 0.29) is 5.92 Å². The average Bonchev–Trinajstić information content (AvgIpc) is 2.39. The fourth-order valence-electron chi connectivity index (χ4n) is 2.10. The van der Waals surface area contributed by atoms with Crippen LogP contribution in [-0.2, 0) is 6.42 Å². The third-order valence-corrected chi connectivity index (χ3v) is 3.62. The first-order chi connectivity index (χ1) is 9.13. The van der Waals surface area contributed by atoms with Crippen LogP contribution in [0.4, 0.5) is 0 Å². The van der Waals surface area contributed by atoms with Crippen LogP contribution in [0.15, 0.2) is 36.5 Å². The van der Waals surface area contributed by atoms with Crippen molar-refractivity contribution in [3.05, 3.63) is 63.4 Å². The topological polar surface area (TPSA) is 12.9 Å². The van der Waals surface area contributed by atoms with Gasteiger partial charge in [0.2, 0.25) is 0 Å². The summed E-state index contributed by atoms with van der Waals surface area (Å²) in [6, 6.07) is 9.42. The number of benzene rings is 1. The summed E-state index contributed by atoms with van der Waals surface area (Å²) >= 11 is 12.2. The van der Waals surface area contributed by atoms with Crippen molar-refractivity contribution in [2.45, 2.75) is 19.3 Å². The number of terminal acetylenes is 1. The molecule has 1 aromatic carbocycles. The molecule has 1 atom stereocenters. The van der Waals surface area contributed by atoms with Gasteiger partial charge in [-0.1, -0.05) is 42.3 Å². The molecule has 0 spiro atoms. The van der Waals surface area contributed by atoms with Crippen molar-refractivity contribution < 1.29 is 0 Å². The molecule has 1 aromatic heterocycles. The Morgan fingerprint density at radius 3 is 2.79 bits per heavy atom. The van der Waals surface area contributed by atoms with Crippen LogP contribution in [0.25, 0.3) is 0 Å². The van der Waals surface area contributed by atoms with Gasteiger partial charge in [0.25, 0.3) is 0 Å². The molecule has 96 valence electrons. The predicted molar refractivity (Wildman–Crippen MR) is 80.8 cm³/mol. The summed E-state index contributed by atoms with van der Waals surface area (Å²) in [5, 5.41) is 1.28. The van der Waals surface area contributed by atoms with Crippen molar-refractivity contribution in [1.29, 1.82) is 0 Å². The van der Waals surface area contributed by atoms with E-state index in [0.29, 0.717) is 16.5 Å². The van der Waals surface area contributed by atoms with Gasteiger partial charge >= 0.3 is 0 Å². The summed E-state index contributed by atoms with van der Waals surface area (Å²) < 4.78 is 0. The minimum atomic E-state index is 0.0781. The first-order valence-electron chi connectivity index (χ1n) is 5.95. The minimum Gasteiger partial charge on any atom is -0.260 e. The second kappa shape index (κ2) is 6.10. The van der Waals surface area contributed by atoms with Crippen LogP contribution in [0.2, 0.25) is 10.0 Å². The van der Waals surface area contributed by atoms with Gasteiger partial charge in [0.05, 0.1) is 5.69 Å². The zero-order chi connectivity index (χ0) is 13.8. The molecule has 0 aliphatic heterocycles. The van der Waals surface area contributed by atoms with Gasteiger partial charge < -0.3 is 0 Å². The first-order valence-corrected chi connectivity index (χ1v) is 6.71. The maximum absolute atomic E-state index is 6.25. The molecule has 0 aliphatic rings. The summed E-state index contributed by atoms with van der Waals surface area (Å²) in [7, 11) is 0. The van der Waals surface area contributed by atoms with E-state index in [4.69, 9.17) is 29.6 Å². The summed E-state index contributed by atoms with van der Waals surface area (Å²) in [5.74, 6) is 2.74. The largest absolute Gasteiger partial charge is 0.260 e. The van der Waals surface area contributed by atoms with E-state index >= 15 is 0 Å². The third-order valence-electron chi connectivity index (χ3n) is 3.06. The monoisotopic (exact) mass is 289 g/mol. The molecule has 1 unspecified atom stereocenters. The highest BCUT2D eigenvalue weighted by Crippen LogP contribution is 2.32. The van der Waals surface area contributed by atoms with Crippen LogP contribution in [0.5, 0.6) is 0 Å². The fraction of sp³-hybridized carbons (Fsp3) is 0.188. The van der Waals surface area contributed by atoms with E-state index in [2.05, 4.69) is 17.8 Å². The molecule has 1 heterocycles. The fourth-order valence-corrected chi connectivity index (χ4v) is 2.67. The van der Waals surface area contributed by atoms with Gasteiger partial charge in [-0.15, -0.1) is 12.3 Å². The van der Waals surface area contributed by atoms with Crippen molar-refractivity contribution in [2.75, 3.05) is 0 Å². The maximum atomic E-state index is 6.25. The Morgan fingerprint density at radius 2 is 2.11 bits per heavy atom. The Hall–Kier alpha value is -1.49. The lowest BCUT2D eigenvalue weighted by Crippen LogP contribution is -2.04. The number of rotatable bonds is 3. The quantitative estimate of drug-likeness (QED) is 0.746. The molecular weight excluding hydrogens is 277 g/mol. The van der Waals surface area contributed by atoms with Gasteiger partial charge in [-0.2, -0.15) is 0 Å². The van der Waals surface area contributed by atoms with Crippen LogP contribution in [0.3, 0.4) is 0 Å². The lowest BCUT2D eigenvalue weighted by Gasteiger charge is -2.16. The molecule has 1 nitrogen and oxygen atoms in total. The maximum Gasteiger partial charge on any atom is 0.0517 e. The van der Waals surface area contributed by atoms with Gasteiger partial charge in [-0.3, -0.25) is 4.98 Å². The Balaban J connectivity index is 2.44. The number of halogens is 2. The molecule has 0 saturated heterocycles.